The summed E-state index contributed by atoms with van der Waals surface area (Å²) in [5.74, 6) is 0.776. The summed E-state index contributed by atoms with van der Waals surface area (Å²) in [5, 5.41) is 1.94. The standard InChI is InChI=1S/C14H21N3O2S/c1-4-11(5-2)16(6-8-19-3)13-12(10-18)17-7-9-20-14(17)15-13/h7,9-11H,4-6,8H2,1-3H3. The van der Waals surface area contributed by atoms with Crippen LogP contribution >= 0.6 is 11.3 Å². The van der Waals surface area contributed by atoms with Crippen molar-refractivity contribution in [3.63, 3.8) is 0 Å². The second kappa shape index (κ2) is 6.85. The molecule has 0 aliphatic carbocycles. The molecule has 20 heavy (non-hydrogen) atoms. The predicted octanol–water partition coefficient (Wildman–Crippen LogP) is 2.85. The van der Waals surface area contributed by atoms with Gasteiger partial charge in [-0.3, -0.25) is 9.20 Å². The van der Waals surface area contributed by atoms with Crippen LogP contribution in [0.5, 0.6) is 0 Å². The molecule has 0 saturated carbocycles. The minimum absolute atomic E-state index is 0.369. The summed E-state index contributed by atoms with van der Waals surface area (Å²) in [6.07, 6.45) is 4.82. The van der Waals surface area contributed by atoms with Crippen LogP contribution in [0.3, 0.4) is 0 Å². The van der Waals surface area contributed by atoms with Gasteiger partial charge in [-0.25, -0.2) is 4.98 Å². The Bertz CT molecular complexity index is 560. The van der Waals surface area contributed by atoms with Gasteiger partial charge in [0.15, 0.2) is 17.1 Å². The van der Waals surface area contributed by atoms with Crippen molar-refractivity contribution in [1.29, 1.82) is 0 Å². The minimum Gasteiger partial charge on any atom is -0.383 e. The Hall–Kier alpha value is -1.40. The lowest BCUT2D eigenvalue weighted by Crippen LogP contribution is -2.38. The van der Waals surface area contributed by atoms with E-state index in [1.54, 1.807) is 18.4 Å². The summed E-state index contributed by atoms with van der Waals surface area (Å²) in [5.41, 5.74) is 0.629. The zero-order chi connectivity index (χ0) is 14.5. The third kappa shape index (κ3) is 2.71. The summed E-state index contributed by atoms with van der Waals surface area (Å²) < 4.78 is 7.06. The molecule has 0 amide bonds. The summed E-state index contributed by atoms with van der Waals surface area (Å²) in [7, 11) is 1.69. The van der Waals surface area contributed by atoms with Gasteiger partial charge in [-0.1, -0.05) is 13.8 Å². The van der Waals surface area contributed by atoms with Gasteiger partial charge < -0.3 is 9.64 Å². The summed E-state index contributed by atoms with van der Waals surface area (Å²) in [6.45, 7) is 5.69. The van der Waals surface area contributed by atoms with Crippen LogP contribution in [0.15, 0.2) is 11.6 Å². The van der Waals surface area contributed by atoms with Crippen molar-refractivity contribution in [3.05, 3.63) is 17.3 Å². The van der Waals surface area contributed by atoms with Crippen LogP contribution < -0.4 is 4.90 Å². The fraction of sp³-hybridized carbons (Fsp3) is 0.571. The van der Waals surface area contributed by atoms with Gasteiger partial charge in [0.2, 0.25) is 0 Å². The first-order chi connectivity index (χ1) is 9.76. The van der Waals surface area contributed by atoms with Gasteiger partial charge >= 0.3 is 0 Å². The number of ether oxygens (including phenoxy) is 1. The highest BCUT2D eigenvalue weighted by molar-refractivity contribution is 7.15. The van der Waals surface area contributed by atoms with Crippen LogP contribution in [0.4, 0.5) is 5.82 Å². The fourth-order valence-electron chi connectivity index (χ4n) is 2.49. The topological polar surface area (TPSA) is 46.8 Å². The van der Waals surface area contributed by atoms with Crippen molar-refractivity contribution in [3.8, 4) is 0 Å². The molecule has 0 N–H and O–H groups in total. The number of carbonyl (C=O) groups excluding carboxylic acids is 1. The van der Waals surface area contributed by atoms with Crippen LogP contribution in [-0.4, -0.2) is 42.0 Å². The maximum atomic E-state index is 11.5. The van der Waals surface area contributed by atoms with Crippen LogP contribution in [0.1, 0.15) is 37.2 Å². The van der Waals surface area contributed by atoms with Crippen molar-refractivity contribution in [2.24, 2.45) is 0 Å². The Morgan fingerprint density at radius 1 is 1.50 bits per heavy atom. The third-order valence-electron chi connectivity index (χ3n) is 3.58. The van der Waals surface area contributed by atoms with E-state index in [-0.39, 0.29) is 0 Å². The Kier molecular flexibility index (Phi) is 5.14. The minimum atomic E-state index is 0.369. The van der Waals surface area contributed by atoms with Gasteiger partial charge in [-0.05, 0) is 12.8 Å². The molecule has 0 radical (unpaired) electrons. The first kappa shape index (κ1) is 15.0. The Morgan fingerprint density at radius 3 is 2.85 bits per heavy atom. The molecular formula is C14H21N3O2S. The molecule has 0 bridgehead atoms. The lowest BCUT2D eigenvalue weighted by molar-refractivity contribution is 0.111. The molecule has 0 atom stereocenters. The molecule has 0 saturated heterocycles. The van der Waals surface area contributed by atoms with Crippen LogP contribution in [-0.2, 0) is 4.74 Å². The molecule has 2 heterocycles. The maximum absolute atomic E-state index is 11.5. The van der Waals surface area contributed by atoms with Gasteiger partial charge in [-0.15, -0.1) is 11.3 Å². The number of thiazole rings is 1. The number of anilines is 1. The predicted molar refractivity (Wildman–Crippen MR) is 82.0 cm³/mol. The number of aromatic nitrogens is 2. The largest absolute Gasteiger partial charge is 0.383 e. The second-order valence-corrected chi connectivity index (χ2v) is 5.52. The van der Waals surface area contributed by atoms with E-state index in [2.05, 4.69) is 23.7 Å². The molecule has 2 aromatic heterocycles. The smallest absolute Gasteiger partial charge is 0.196 e. The number of hydrogen-bond acceptors (Lipinski definition) is 5. The number of fused-ring (bicyclic) bond motifs is 1. The molecule has 2 aromatic rings. The molecule has 0 aliphatic heterocycles. The van der Waals surface area contributed by atoms with E-state index in [0.717, 1.165) is 36.5 Å². The SMILES string of the molecule is CCC(CC)N(CCOC)c1nc2sccn2c1C=O. The summed E-state index contributed by atoms with van der Waals surface area (Å²) >= 11 is 1.54. The highest BCUT2D eigenvalue weighted by Gasteiger charge is 2.23. The van der Waals surface area contributed by atoms with Gasteiger partial charge in [0, 0.05) is 31.3 Å². The number of nitrogens with zero attached hydrogens (tertiary/aromatic N) is 3. The fourth-order valence-corrected chi connectivity index (χ4v) is 3.21. The molecule has 110 valence electrons. The zero-order valence-corrected chi connectivity index (χ0v) is 13.0. The molecule has 0 spiro atoms. The first-order valence-electron chi connectivity index (χ1n) is 6.93. The highest BCUT2D eigenvalue weighted by atomic mass is 32.1. The number of imidazole rings is 1. The van der Waals surface area contributed by atoms with Crippen molar-refractivity contribution in [2.75, 3.05) is 25.2 Å². The molecule has 2 rings (SSSR count). The van der Waals surface area contributed by atoms with Crippen molar-refractivity contribution in [1.82, 2.24) is 9.38 Å². The average molecular weight is 295 g/mol. The van der Waals surface area contributed by atoms with E-state index < -0.39 is 0 Å². The lowest BCUT2D eigenvalue weighted by Gasteiger charge is -2.30. The van der Waals surface area contributed by atoms with E-state index in [9.17, 15) is 4.79 Å². The molecular weight excluding hydrogens is 274 g/mol. The Balaban J connectivity index is 2.43. The van der Waals surface area contributed by atoms with E-state index in [1.807, 2.05) is 16.0 Å². The van der Waals surface area contributed by atoms with Crippen molar-refractivity contribution < 1.29 is 9.53 Å². The lowest BCUT2D eigenvalue weighted by atomic mass is 10.1. The molecule has 0 fully saturated rings. The van der Waals surface area contributed by atoms with E-state index in [0.29, 0.717) is 18.3 Å². The van der Waals surface area contributed by atoms with Crippen LogP contribution in [0.2, 0.25) is 0 Å². The van der Waals surface area contributed by atoms with E-state index in [1.165, 1.54) is 0 Å². The zero-order valence-electron chi connectivity index (χ0n) is 12.2. The number of rotatable bonds is 8. The first-order valence-corrected chi connectivity index (χ1v) is 7.81. The van der Waals surface area contributed by atoms with Crippen molar-refractivity contribution in [2.45, 2.75) is 32.7 Å². The van der Waals surface area contributed by atoms with Crippen LogP contribution in [0.25, 0.3) is 4.96 Å². The monoisotopic (exact) mass is 295 g/mol. The number of aldehydes is 1. The van der Waals surface area contributed by atoms with E-state index in [4.69, 9.17) is 4.74 Å². The quantitative estimate of drug-likeness (QED) is 0.703. The molecule has 5 nitrogen and oxygen atoms in total. The summed E-state index contributed by atoms with van der Waals surface area (Å²) in [6, 6.07) is 0.369. The van der Waals surface area contributed by atoms with Crippen LogP contribution in [0, 0.1) is 0 Å². The Labute approximate surface area is 123 Å². The second-order valence-electron chi connectivity index (χ2n) is 4.65. The molecule has 0 unspecified atom stereocenters. The Morgan fingerprint density at radius 2 is 2.25 bits per heavy atom. The van der Waals surface area contributed by atoms with E-state index >= 15 is 0 Å². The van der Waals surface area contributed by atoms with Gasteiger partial charge in [0.1, 0.15) is 5.69 Å². The number of hydrogen-bond donors (Lipinski definition) is 0. The number of carbonyl (C=O) groups is 1. The van der Waals surface area contributed by atoms with Gasteiger partial charge in [0.05, 0.1) is 6.61 Å². The van der Waals surface area contributed by atoms with Gasteiger partial charge in [-0.2, -0.15) is 0 Å². The third-order valence-corrected chi connectivity index (χ3v) is 4.34. The number of methoxy groups -OCH3 is 1. The molecule has 0 aliphatic rings. The average Bonchev–Trinajstić information content (AvgIpc) is 3.03. The highest BCUT2D eigenvalue weighted by Crippen LogP contribution is 2.26. The molecule has 6 heteroatoms. The molecule has 0 aromatic carbocycles. The maximum Gasteiger partial charge on any atom is 0.196 e. The normalized spacial score (nSPS) is 11.4. The summed E-state index contributed by atoms with van der Waals surface area (Å²) in [4.78, 5) is 19.2. The van der Waals surface area contributed by atoms with Gasteiger partial charge in [0.25, 0.3) is 0 Å². The van der Waals surface area contributed by atoms with Crippen molar-refractivity contribution >= 4 is 28.4 Å².